The third-order valence-electron chi connectivity index (χ3n) is 14.0. The zero-order valence-electron chi connectivity index (χ0n) is 50.7. The van der Waals surface area contributed by atoms with Gasteiger partial charge in [-0.2, -0.15) is 0 Å². The molecule has 0 aromatic rings. The molecule has 77 heavy (non-hydrogen) atoms. The van der Waals surface area contributed by atoms with E-state index in [0.717, 1.165) is 128 Å². The lowest BCUT2D eigenvalue weighted by atomic mass is 10.0. The summed E-state index contributed by atoms with van der Waals surface area (Å²) in [6, 6.07) is 0. The Labute approximate surface area is 477 Å². The summed E-state index contributed by atoms with van der Waals surface area (Å²) in [5.74, 6) is -0.903. The largest absolute Gasteiger partial charge is 0.462 e. The quantitative estimate of drug-likeness (QED) is 0.0261. The standard InChI is InChI=1S/C71H122O6/c1-4-7-10-13-16-19-22-25-28-29-30-31-32-33-34-35-36-37-38-39-40-41-42-43-44-47-49-52-55-58-61-64-70(73)76-67-68(77-71(74)65-62-59-56-53-50-46-27-24-21-18-15-12-9-6-3)66-75-69(72)63-60-57-54-51-48-45-26-23-20-17-14-11-8-5-2/h7,10,14-19,23-28,30-31,68H,4-6,8-9,11-13,20-22,29,32-67H2,1-3H3/b10-7-,17-14-,18-15-,19-16-,26-23-,27-24-,28-25-,31-30-. The summed E-state index contributed by atoms with van der Waals surface area (Å²) in [7, 11) is 0. The second kappa shape index (κ2) is 64.9. The maximum absolute atomic E-state index is 12.9. The lowest BCUT2D eigenvalue weighted by molar-refractivity contribution is -0.167. The average Bonchev–Trinajstić information content (AvgIpc) is 3.43. The lowest BCUT2D eigenvalue weighted by Crippen LogP contribution is -2.30. The summed E-state index contributed by atoms with van der Waals surface area (Å²) in [5, 5.41) is 0. The maximum atomic E-state index is 12.9. The first-order chi connectivity index (χ1) is 38.0. The molecule has 0 aliphatic carbocycles. The van der Waals surface area contributed by atoms with E-state index in [1.54, 1.807) is 0 Å². The third-order valence-corrected chi connectivity index (χ3v) is 14.0. The molecule has 1 unspecified atom stereocenters. The van der Waals surface area contributed by atoms with Crippen LogP contribution in [0.25, 0.3) is 0 Å². The van der Waals surface area contributed by atoms with Crippen molar-refractivity contribution >= 4 is 17.9 Å². The molecule has 0 aromatic heterocycles. The van der Waals surface area contributed by atoms with Crippen LogP contribution in [0.3, 0.4) is 0 Å². The fourth-order valence-electron chi connectivity index (χ4n) is 9.12. The van der Waals surface area contributed by atoms with E-state index in [9.17, 15) is 14.4 Å². The van der Waals surface area contributed by atoms with Gasteiger partial charge in [0.25, 0.3) is 0 Å². The minimum absolute atomic E-state index is 0.0852. The number of allylic oxidation sites excluding steroid dienone is 16. The fraction of sp³-hybridized carbons (Fsp3) is 0.732. The Hall–Kier alpha value is -3.67. The van der Waals surface area contributed by atoms with Gasteiger partial charge in [-0.1, -0.05) is 285 Å². The first kappa shape index (κ1) is 73.3. The first-order valence-electron chi connectivity index (χ1n) is 32.7. The van der Waals surface area contributed by atoms with E-state index in [1.165, 1.54) is 148 Å². The van der Waals surface area contributed by atoms with Crippen LogP contribution in [0.4, 0.5) is 0 Å². The maximum Gasteiger partial charge on any atom is 0.306 e. The topological polar surface area (TPSA) is 78.9 Å². The number of hydrogen-bond donors (Lipinski definition) is 0. The van der Waals surface area contributed by atoms with Crippen LogP contribution < -0.4 is 0 Å². The Morgan fingerprint density at radius 3 is 0.792 bits per heavy atom. The van der Waals surface area contributed by atoms with Crippen LogP contribution >= 0.6 is 0 Å². The second-order valence-electron chi connectivity index (χ2n) is 21.6. The zero-order valence-corrected chi connectivity index (χ0v) is 50.7. The second-order valence-corrected chi connectivity index (χ2v) is 21.6. The summed E-state index contributed by atoms with van der Waals surface area (Å²) in [6.07, 6.45) is 87.1. The van der Waals surface area contributed by atoms with Gasteiger partial charge >= 0.3 is 17.9 Å². The monoisotopic (exact) mass is 1070 g/mol. The van der Waals surface area contributed by atoms with Crippen molar-refractivity contribution < 1.29 is 28.6 Å². The Bertz CT molecular complexity index is 1510. The van der Waals surface area contributed by atoms with Gasteiger partial charge in [0.2, 0.25) is 0 Å². The Balaban J connectivity index is 4.18. The van der Waals surface area contributed by atoms with E-state index in [0.29, 0.717) is 19.3 Å². The Morgan fingerprint density at radius 2 is 0.506 bits per heavy atom. The van der Waals surface area contributed by atoms with Crippen LogP contribution in [0.5, 0.6) is 0 Å². The van der Waals surface area contributed by atoms with Gasteiger partial charge in [0.15, 0.2) is 6.10 Å². The number of esters is 3. The van der Waals surface area contributed by atoms with Crippen molar-refractivity contribution in [3.8, 4) is 0 Å². The third kappa shape index (κ3) is 63.0. The van der Waals surface area contributed by atoms with Crippen LogP contribution in [0, 0.1) is 0 Å². The summed E-state index contributed by atoms with van der Waals surface area (Å²) in [5.41, 5.74) is 0. The van der Waals surface area contributed by atoms with Gasteiger partial charge in [0, 0.05) is 19.3 Å². The lowest BCUT2D eigenvalue weighted by Gasteiger charge is -2.18. The van der Waals surface area contributed by atoms with Gasteiger partial charge in [-0.15, -0.1) is 0 Å². The van der Waals surface area contributed by atoms with Gasteiger partial charge < -0.3 is 14.2 Å². The molecular formula is C71H122O6. The van der Waals surface area contributed by atoms with Crippen molar-refractivity contribution in [1.82, 2.24) is 0 Å². The molecule has 6 heteroatoms. The first-order valence-corrected chi connectivity index (χ1v) is 32.7. The van der Waals surface area contributed by atoms with Crippen molar-refractivity contribution in [2.24, 2.45) is 0 Å². The molecule has 1 atom stereocenters. The minimum Gasteiger partial charge on any atom is -0.462 e. The van der Waals surface area contributed by atoms with Gasteiger partial charge in [-0.05, 0) is 109 Å². The number of carbonyl (C=O) groups excluding carboxylic acids is 3. The molecule has 0 saturated carbocycles. The zero-order chi connectivity index (χ0) is 55.7. The van der Waals surface area contributed by atoms with Crippen LogP contribution in [0.15, 0.2) is 97.2 Å². The molecule has 0 saturated heterocycles. The van der Waals surface area contributed by atoms with E-state index in [2.05, 4.69) is 118 Å². The highest BCUT2D eigenvalue weighted by atomic mass is 16.6. The van der Waals surface area contributed by atoms with Crippen molar-refractivity contribution in [2.75, 3.05) is 13.2 Å². The molecule has 0 aromatic carbocycles. The Morgan fingerprint density at radius 1 is 0.273 bits per heavy atom. The number of ether oxygens (including phenoxy) is 3. The van der Waals surface area contributed by atoms with E-state index in [4.69, 9.17) is 14.2 Å². The average molecular weight is 1070 g/mol. The molecule has 0 aliphatic heterocycles. The smallest absolute Gasteiger partial charge is 0.306 e. The molecule has 0 amide bonds. The SMILES string of the molecule is CC/C=C\C/C=C\C/C=C\C/C=C\CCCCCCCCCCCCCCCCCCCCC(=O)OCC(COC(=O)CCCCCCC/C=C\C/C=C\CCCC)OC(=O)CCCCCCC/C=C\C/C=C\CCCC. The van der Waals surface area contributed by atoms with E-state index in [1.807, 2.05) is 0 Å². The molecule has 0 N–H and O–H groups in total. The van der Waals surface area contributed by atoms with Crippen molar-refractivity contribution in [3.05, 3.63) is 97.2 Å². The van der Waals surface area contributed by atoms with E-state index >= 15 is 0 Å². The Kier molecular flexibility index (Phi) is 61.8. The number of rotatable bonds is 59. The predicted octanol–water partition coefficient (Wildman–Crippen LogP) is 22.4. The van der Waals surface area contributed by atoms with Crippen LogP contribution in [0.1, 0.15) is 316 Å². The van der Waals surface area contributed by atoms with Gasteiger partial charge in [-0.3, -0.25) is 14.4 Å². The molecule has 0 fully saturated rings. The highest BCUT2D eigenvalue weighted by Crippen LogP contribution is 2.17. The highest BCUT2D eigenvalue weighted by Gasteiger charge is 2.19. The normalized spacial score (nSPS) is 12.7. The molecule has 0 heterocycles. The minimum atomic E-state index is -0.790. The predicted molar refractivity (Wildman–Crippen MR) is 334 cm³/mol. The van der Waals surface area contributed by atoms with Crippen molar-refractivity contribution in [1.29, 1.82) is 0 Å². The van der Waals surface area contributed by atoms with Crippen LogP contribution in [-0.2, 0) is 28.6 Å². The van der Waals surface area contributed by atoms with Crippen molar-refractivity contribution in [2.45, 2.75) is 322 Å². The highest BCUT2D eigenvalue weighted by molar-refractivity contribution is 5.71. The summed E-state index contributed by atoms with van der Waals surface area (Å²) >= 11 is 0. The molecular weight excluding hydrogens is 949 g/mol. The fourth-order valence-corrected chi connectivity index (χ4v) is 9.12. The number of hydrogen-bond acceptors (Lipinski definition) is 6. The number of unbranched alkanes of at least 4 members (excludes halogenated alkanes) is 32. The molecule has 0 bridgehead atoms. The molecule has 0 rings (SSSR count). The van der Waals surface area contributed by atoms with E-state index in [-0.39, 0.29) is 31.1 Å². The van der Waals surface area contributed by atoms with Gasteiger partial charge in [-0.25, -0.2) is 0 Å². The molecule has 0 spiro atoms. The van der Waals surface area contributed by atoms with Gasteiger partial charge in [0.1, 0.15) is 13.2 Å². The molecule has 0 aliphatic rings. The molecule has 442 valence electrons. The summed E-state index contributed by atoms with van der Waals surface area (Å²) in [6.45, 7) is 6.45. The summed E-state index contributed by atoms with van der Waals surface area (Å²) < 4.78 is 16.9. The van der Waals surface area contributed by atoms with Crippen LogP contribution in [-0.4, -0.2) is 37.2 Å². The van der Waals surface area contributed by atoms with Crippen LogP contribution in [0.2, 0.25) is 0 Å². The van der Waals surface area contributed by atoms with Gasteiger partial charge in [0.05, 0.1) is 0 Å². The van der Waals surface area contributed by atoms with E-state index < -0.39 is 6.10 Å². The molecule has 6 nitrogen and oxygen atoms in total. The number of carbonyl (C=O) groups is 3. The summed E-state index contributed by atoms with van der Waals surface area (Å²) in [4.78, 5) is 38.3. The van der Waals surface area contributed by atoms with Crippen molar-refractivity contribution in [3.63, 3.8) is 0 Å². The molecule has 0 radical (unpaired) electrons.